The second kappa shape index (κ2) is 6.82. The van der Waals surface area contributed by atoms with Crippen LogP contribution in [-0.4, -0.2) is 46.2 Å². The number of benzene rings is 1. The highest BCUT2D eigenvalue weighted by molar-refractivity contribution is 5.80. The molecule has 4 rings (SSSR count). The highest BCUT2D eigenvalue weighted by Crippen LogP contribution is 2.49. The maximum Gasteiger partial charge on any atom is 0.317 e. The van der Waals surface area contributed by atoms with Crippen molar-refractivity contribution in [1.82, 2.24) is 10.2 Å². The van der Waals surface area contributed by atoms with Gasteiger partial charge in [-0.2, -0.15) is 0 Å². The number of aliphatic hydroxyl groups is 1. The van der Waals surface area contributed by atoms with Gasteiger partial charge in [0.2, 0.25) is 0 Å². The van der Waals surface area contributed by atoms with Gasteiger partial charge in [0.15, 0.2) is 0 Å². The molecule has 1 aliphatic heterocycles. The van der Waals surface area contributed by atoms with Gasteiger partial charge in [-0.15, -0.1) is 0 Å². The molecule has 2 aliphatic carbocycles. The van der Waals surface area contributed by atoms with E-state index >= 15 is 0 Å². The molecule has 27 heavy (non-hydrogen) atoms. The van der Waals surface area contributed by atoms with E-state index in [9.17, 15) is 19.8 Å². The average molecular weight is 372 g/mol. The molecule has 3 fully saturated rings. The van der Waals surface area contributed by atoms with Crippen LogP contribution in [0.25, 0.3) is 0 Å². The number of carboxylic acids is 1. The number of likely N-dealkylation sites (tertiary alicyclic amines) is 1. The van der Waals surface area contributed by atoms with Gasteiger partial charge in [-0.25, -0.2) is 4.79 Å². The Morgan fingerprint density at radius 2 is 1.78 bits per heavy atom. The number of hydrogen-bond acceptors (Lipinski definition) is 3. The molecule has 1 aromatic carbocycles. The van der Waals surface area contributed by atoms with E-state index in [1.165, 1.54) is 0 Å². The third-order valence-corrected chi connectivity index (χ3v) is 7.04. The number of hydrogen-bond donors (Lipinski definition) is 3. The first-order valence-electron chi connectivity index (χ1n) is 10.00. The minimum Gasteiger partial charge on any atom is -0.481 e. The Hall–Kier alpha value is -2.08. The molecule has 0 unspecified atom stereocenters. The average Bonchev–Trinajstić information content (AvgIpc) is 3.23. The Labute approximate surface area is 159 Å². The Morgan fingerprint density at radius 3 is 2.41 bits per heavy atom. The number of aliphatic carboxylic acids is 1. The van der Waals surface area contributed by atoms with Crippen LogP contribution in [0.1, 0.15) is 50.5 Å². The van der Waals surface area contributed by atoms with Crippen LogP contribution < -0.4 is 5.32 Å². The van der Waals surface area contributed by atoms with Crippen molar-refractivity contribution in [3.05, 3.63) is 35.9 Å². The monoisotopic (exact) mass is 372 g/mol. The Balaban J connectivity index is 1.34. The second-order valence-electron chi connectivity index (χ2n) is 8.55. The van der Waals surface area contributed by atoms with E-state index in [0.29, 0.717) is 32.4 Å². The van der Waals surface area contributed by atoms with Crippen molar-refractivity contribution in [2.24, 2.45) is 11.3 Å². The number of carbonyl (C=O) groups is 2. The van der Waals surface area contributed by atoms with E-state index in [1.807, 2.05) is 30.3 Å². The maximum absolute atomic E-state index is 12.7. The molecule has 2 atom stereocenters. The van der Waals surface area contributed by atoms with Gasteiger partial charge >= 0.3 is 12.0 Å². The second-order valence-corrected chi connectivity index (χ2v) is 8.55. The lowest BCUT2D eigenvalue weighted by molar-refractivity contribution is -0.149. The van der Waals surface area contributed by atoms with Crippen molar-refractivity contribution in [3.63, 3.8) is 0 Å². The predicted molar refractivity (Wildman–Crippen MR) is 100 cm³/mol. The fourth-order valence-corrected chi connectivity index (χ4v) is 5.34. The smallest absolute Gasteiger partial charge is 0.317 e. The Bertz CT molecular complexity index is 714. The van der Waals surface area contributed by atoms with Crippen molar-refractivity contribution in [1.29, 1.82) is 0 Å². The zero-order valence-electron chi connectivity index (χ0n) is 15.6. The van der Waals surface area contributed by atoms with E-state index in [-0.39, 0.29) is 18.0 Å². The summed E-state index contributed by atoms with van der Waals surface area (Å²) in [6.07, 6.45) is 5.17. The minimum absolute atomic E-state index is 0.0303. The normalized spacial score (nSPS) is 35.7. The van der Waals surface area contributed by atoms with Crippen LogP contribution in [0.15, 0.2) is 30.3 Å². The highest BCUT2D eigenvalue weighted by Gasteiger charge is 2.56. The lowest BCUT2D eigenvalue weighted by Gasteiger charge is -2.37. The molecule has 1 heterocycles. The number of rotatable bonds is 3. The predicted octanol–water partition coefficient (Wildman–Crippen LogP) is 2.71. The van der Waals surface area contributed by atoms with Gasteiger partial charge in [0, 0.05) is 19.1 Å². The molecule has 2 amide bonds. The zero-order valence-corrected chi connectivity index (χ0v) is 15.6. The standard InChI is InChI=1S/C21H28N2O4/c24-18(25)20-10-4-7-16(20)13-23(14-20)19(26)22-17-8-11-21(27,12-9-17)15-5-2-1-3-6-15/h1-3,5-6,16-17,27H,4,7-14H2,(H,22,26)(H,24,25)/t16-,17?,20+,21?/m0/s1. The third kappa shape index (κ3) is 3.20. The summed E-state index contributed by atoms with van der Waals surface area (Å²) in [4.78, 5) is 26.2. The van der Waals surface area contributed by atoms with Crippen LogP contribution >= 0.6 is 0 Å². The highest BCUT2D eigenvalue weighted by atomic mass is 16.4. The first-order chi connectivity index (χ1) is 12.9. The van der Waals surface area contributed by atoms with Crippen LogP contribution in [0.4, 0.5) is 4.79 Å². The number of carboxylic acid groups (broad SMARTS) is 1. The van der Waals surface area contributed by atoms with Gasteiger partial charge < -0.3 is 20.4 Å². The number of fused-ring (bicyclic) bond motifs is 1. The van der Waals surface area contributed by atoms with E-state index in [4.69, 9.17) is 0 Å². The summed E-state index contributed by atoms with van der Waals surface area (Å²) >= 11 is 0. The molecule has 0 aromatic heterocycles. The molecule has 1 aromatic rings. The summed E-state index contributed by atoms with van der Waals surface area (Å²) in [5.41, 5.74) is -0.622. The fraction of sp³-hybridized carbons (Fsp3) is 0.619. The van der Waals surface area contributed by atoms with Crippen molar-refractivity contribution < 1.29 is 19.8 Å². The molecule has 0 radical (unpaired) electrons. The number of carbonyl (C=O) groups excluding carboxylic acids is 1. The summed E-state index contributed by atoms with van der Waals surface area (Å²) in [6.45, 7) is 0.859. The maximum atomic E-state index is 12.7. The van der Waals surface area contributed by atoms with E-state index in [2.05, 4.69) is 5.32 Å². The molecule has 1 saturated heterocycles. The molecule has 146 valence electrons. The quantitative estimate of drug-likeness (QED) is 0.761. The molecule has 2 saturated carbocycles. The summed E-state index contributed by atoms with van der Waals surface area (Å²) in [7, 11) is 0. The molecular weight excluding hydrogens is 344 g/mol. The molecular formula is C21H28N2O4. The number of nitrogens with one attached hydrogen (secondary N) is 1. The Kier molecular flexibility index (Phi) is 4.62. The first kappa shape index (κ1) is 18.3. The van der Waals surface area contributed by atoms with Crippen molar-refractivity contribution in [3.8, 4) is 0 Å². The van der Waals surface area contributed by atoms with Gasteiger partial charge in [0.1, 0.15) is 0 Å². The van der Waals surface area contributed by atoms with Gasteiger partial charge in [0.05, 0.1) is 11.0 Å². The topological polar surface area (TPSA) is 89.9 Å². The summed E-state index contributed by atoms with van der Waals surface area (Å²) in [5, 5.41) is 23.7. The summed E-state index contributed by atoms with van der Waals surface area (Å²) < 4.78 is 0. The molecule has 3 N–H and O–H groups in total. The lowest BCUT2D eigenvalue weighted by atomic mass is 9.78. The summed E-state index contributed by atoms with van der Waals surface area (Å²) in [5.74, 6) is -0.679. The van der Waals surface area contributed by atoms with Crippen molar-refractivity contribution in [2.45, 2.75) is 56.6 Å². The van der Waals surface area contributed by atoms with Gasteiger partial charge in [-0.3, -0.25) is 4.79 Å². The lowest BCUT2D eigenvalue weighted by Crippen LogP contribution is -2.48. The van der Waals surface area contributed by atoms with Gasteiger partial charge in [0.25, 0.3) is 0 Å². The van der Waals surface area contributed by atoms with Crippen LogP contribution in [0.2, 0.25) is 0 Å². The number of urea groups is 1. The van der Waals surface area contributed by atoms with Gasteiger partial charge in [-0.05, 0) is 50.0 Å². The Morgan fingerprint density at radius 1 is 1.07 bits per heavy atom. The van der Waals surface area contributed by atoms with Crippen LogP contribution in [0.5, 0.6) is 0 Å². The van der Waals surface area contributed by atoms with Crippen molar-refractivity contribution >= 4 is 12.0 Å². The van der Waals surface area contributed by atoms with E-state index in [1.54, 1.807) is 4.90 Å². The molecule has 0 spiro atoms. The first-order valence-corrected chi connectivity index (χ1v) is 10.00. The molecule has 3 aliphatic rings. The van der Waals surface area contributed by atoms with E-state index < -0.39 is 17.0 Å². The number of nitrogens with zero attached hydrogens (tertiary/aromatic N) is 1. The van der Waals surface area contributed by atoms with Crippen LogP contribution in [0.3, 0.4) is 0 Å². The van der Waals surface area contributed by atoms with Gasteiger partial charge in [-0.1, -0.05) is 36.8 Å². The zero-order chi connectivity index (χ0) is 19.1. The SMILES string of the molecule is O=C(NC1CCC(O)(c2ccccc2)CC1)N1C[C@@H]2CCC[C@@]2(C(=O)O)C1. The minimum atomic E-state index is -0.819. The molecule has 6 heteroatoms. The fourth-order valence-electron chi connectivity index (χ4n) is 5.34. The summed E-state index contributed by atoms with van der Waals surface area (Å²) in [6, 6.07) is 9.59. The van der Waals surface area contributed by atoms with E-state index in [0.717, 1.165) is 31.2 Å². The molecule has 6 nitrogen and oxygen atoms in total. The third-order valence-electron chi connectivity index (χ3n) is 7.04. The largest absolute Gasteiger partial charge is 0.481 e. The van der Waals surface area contributed by atoms with Crippen molar-refractivity contribution in [2.75, 3.05) is 13.1 Å². The van der Waals surface area contributed by atoms with Crippen LogP contribution in [0, 0.1) is 11.3 Å². The molecule has 0 bridgehead atoms. The number of amides is 2. The van der Waals surface area contributed by atoms with Crippen LogP contribution in [-0.2, 0) is 10.4 Å².